The van der Waals surface area contributed by atoms with Gasteiger partial charge in [0.05, 0.1) is 23.6 Å². The molecule has 142 valence electrons. The maximum absolute atomic E-state index is 13.3. The zero-order chi connectivity index (χ0) is 19.8. The summed E-state index contributed by atoms with van der Waals surface area (Å²) in [7, 11) is 0. The number of nitrogens with zero attached hydrogens (tertiary/aromatic N) is 1. The van der Waals surface area contributed by atoms with Crippen LogP contribution < -0.4 is 4.74 Å². The van der Waals surface area contributed by atoms with Crippen molar-refractivity contribution in [2.75, 3.05) is 0 Å². The van der Waals surface area contributed by atoms with Gasteiger partial charge in [0, 0.05) is 6.42 Å². The Hall–Kier alpha value is -3.35. The SMILES string of the molecule is O=C1CCC(N2C(=O)c3cccc(OCc4cccc(F)c4)c3C2=O)C(=O)C1. The van der Waals surface area contributed by atoms with E-state index in [0.29, 0.717) is 5.56 Å². The average molecular weight is 381 g/mol. The summed E-state index contributed by atoms with van der Waals surface area (Å²) in [6.07, 6.45) is 0.0381. The number of halogens is 1. The Morgan fingerprint density at radius 1 is 1.04 bits per heavy atom. The zero-order valence-corrected chi connectivity index (χ0v) is 14.8. The highest BCUT2D eigenvalue weighted by Gasteiger charge is 2.45. The normalized spacial score (nSPS) is 19.2. The zero-order valence-electron chi connectivity index (χ0n) is 14.8. The Bertz CT molecular complexity index is 1020. The number of amides is 2. The molecule has 0 aromatic heterocycles. The first kappa shape index (κ1) is 18.0. The highest BCUT2D eigenvalue weighted by molar-refractivity contribution is 6.24. The maximum atomic E-state index is 13.3. The molecular weight excluding hydrogens is 365 g/mol. The smallest absolute Gasteiger partial charge is 0.266 e. The molecule has 1 fully saturated rings. The van der Waals surface area contributed by atoms with Crippen molar-refractivity contribution in [3.63, 3.8) is 0 Å². The number of ether oxygens (including phenoxy) is 1. The third-order valence-electron chi connectivity index (χ3n) is 4.94. The van der Waals surface area contributed by atoms with Crippen molar-refractivity contribution in [3.8, 4) is 5.75 Å². The van der Waals surface area contributed by atoms with Crippen molar-refractivity contribution in [3.05, 3.63) is 65.0 Å². The average Bonchev–Trinajstić information content (AvgIpc) is 2.92. The Morgan fingerprint density at radius 2 is 1.82 bits per heavy atom. The molecule has 2 aliphatic rings. The third kappa shape index (κ3) is 3.09. The van der Waals surface area contributed by atoms with Gasteiger partial charge in [0.2, 0.25) is 0 Å². The van der Waals surface area contributed by atoms with Crippen LogP contribution in [0, 0.1) is 5.82 Å². The quantitative estimate of drug-likeness (QED) is 0.601. The van der Waals surface area contributed by atoms with Crippen molar-refractivity contribution < 1.29 is 28.3 Å². The van der Waals surface area contributed by atoms with Crippen molar-refractivity contribution >= 4 is 23.4 Å². The predicted molar refractivity (Wildman–Crippen MR) is 95.3 cm³/mol. The van der Waals surface area contributed by atoms with Gasteiger partial charge in [-0.1, -0.05) is 18.2 Å². The Morgan fingerprint density at radius 3 is 2.57 bits per heavy atom. The van der Waals surface area contributed by atoms with Gasteiger partial charge in [0.25, 0.3) is 11.8 Å². The molecule has 2 amide bonds. The number of carbonyl (C=O) groups excluding carboxylic acids is 4. The van der Waals surface area contributed by atoms with Crippen LogP contribution in [0.4, 0.5) is 4.39 Å². The van der Waals surface area contributed by atoms with Crippen LogP contribution in [0.2, 0.25) is 0 Å². The van der Waals surface area contributed by atoms with Gasteiger partial charge >= 0.3 is 0 Å². The van der Waals surface area contributed by atoms with Gasteiger partial charge in [-0.05, 0) is 36.2 Å². The predicted octanol–water partition coefficient (Wildman–Crippen LogP) is 2.69. The molecule has 4 rings (SSSR count). The molecule has 2 aromatic rings. The van der Waals surface area contributed by atoms with Crippen LogP contribution in [0.15, 0.2) is 42.5 Å². The fourth-order valence-electron chi connectivity index (χ4n) is 3.60. The number of benzene rings is 2. The van der Waals surface area contributed by atoms with Gasteiger partial charge in [-0.25, -0.2) is 4.39 Å². The van der Waals surface area contributed by atoms with Crippen LogP contribution in [0.5, 0.6) is 5.75 Å². The van der Waals surface area contributed by atoms with Crippen molar-refractivity contribution in [1.82, 2.24) is 4.90 Å². The van der Waals surface area contributed by atoms with Crippen molar-refractivity contribution in [2.45, 2.75) is 31.9 Å². The van der Waals surface area contributed by atoms with Gasteiger partial charge in [-0.15, -0.1) is 0 Å². The van der Waals surface area contributed by atoms with E-state index >= 15 is 0 Å². The van der Waals surface area contributed by atoms with Gasteiger partial charge in [0.15, 0.2) is 5.78 Å². The monoisotopic (exact) mass is 381 g/mol. The first-order chi connectivity index (χ1) is 13.5. The molecule has 7 heteroatoms. The van der Waals surface area contributed by atoms with Crippen molar-refractivity contribution in [1.29, 1.82) is 0 Å². The minimum atomic E-state index is -0.929. The molecule has 1 unspecified atom stereocenters. The molecule has 0 spiro atoms. The largest absolute Gasteiger partial charge is 0.488 e. The van der Waals surface area contributed by atoms with Gasteiger partial charge < -0.3 is 4.74 Å². The van der Waals surface area contributed by atoms with Gasteiger partial charge in [-0.3, -0.25) is 24.1 Å². The summed E-state index contributed by atoms with van der Waals surface area (Å²) in [5.74, 6) is -1.99. The summed E-state index contributed by atoms with van der Waals surface area (Å²) in [4.78, 5) is 50.3. The Labute approximate surface area is 159 Å². The van der Waals surface area contributed by atoms with E-state index in [9.17, 15) is 23.6 Å². The van der Waals surface area contributed by atoms with E-state index in [2.05, 4.69) is 0 Å². The molecule has 28 heavy (non-hydrogen) atoms. The third-order valence-corrected chi connectivity index (χ3v) is 4.94. The summed E-state index contributed by atoms with van der Waals surface area (Å²) in [6.45, 7) is 0.0204. The fraction of sp³-hybridized carbons (Fsp3) is 0.238. The summed E-state index contributed by atoms with van der Waals surface area (Å²) < 4.78 is 19.0. The van der Waals surface area contributed by atoms with Crippen LogP contribution in [-0.4, -0.2) is 34.3 Å². The molecule has 0 radical (unpaired) electrons. The van der Waals surface area contributed by atoms with Gasteiger partial charge in [-0.2, -0.15) is 0 Å². The van der Waals surface area contributed by atoms with Crippen molar-refractivity contribution in [2.24, 2.45) is 0 Å². The molecule has 1 heterocycles. The van der Waals surface area contributed by atoms with Gasteiger partial charge in [0.1, 0.15) is 24.0 Å². The Balaban J connectivity index is 1.61. The maximum Gasteiger partial charge on any atom is 0.266 e. The van der Waals surface area contributed by atoms with E-state index in [1.807, 2.05) is 0 Å². The molecule has 6 nitrogen and oxygen atoms in total. The van der Waals surface area contributed by atoms with E-state index in [1.165, 1.54) is 18.2 Å². The van der Waals surface area contributed by atoms with Crippen LogP contribution in [-0.2, 0) is 16.2 Å². The first-order valence-corrected chi connectivity index (χ1v) is 8.88. The lowest BCUT2D eigenvalue weighted by Gasteiger charge is -2.27. The molecule has 1 saturated carbocycles. The second-order valence-electron chi connectivity index (χ2n) is 6.81. The van der Waals surface area contributed by atoms with E-state index < -0.39 is 29.5 Å². The lowest BCUT2D eigenvalue weighted by Crippen LogP contribution is -2.47. The first-order valence-electron chi connectivity index (χ1n) is 8.88. The number of hydrogen-bond donors (Lipinski definition) is 0. The van der Waals surface area contributed by atoms with E-state index in [4.69, 9.17) is 4.74 Å². The molecule has 1 atom stereocenters. The summed E-state index contributed by atoms with van der Waals surface area (Å²) in [5.41, 5.74) is 0.826. The lowest BCUT2D eigenvalue weighted by atomic mass is 9.92. The molecule has 1 aliphatic carbocycles. The van der Waals surface area contributed by atoms with Crippen LogP contribution in [0.1, 0.15) is 45.5 Å². The summed E-state index contributed by atoms with van der Waals surface area (Å²) >= 11 is 0. The second kappa shape index (κ2) is 6.99. The topological polar surface area (TPSA) is 80.8 Å². The highest BCUT2D eigenvalue weighted by Crippen LogP contribution is 2.34. The second-order valence-corrected chi connectivity index (χ2v) is 6.81. The van der Waals surface area contributed by atoms with Crippen LogP contribution in [0.25, 0.3) is 0 Å². The van der Waals surface area contributed by atoms with E-state index in [-0.39, 0.29) is 48.5 Å². The summed E-state index contributed by atoms with van der Waals surface area (Å²) in [6, 6.07) is 9.58. The number of ketones is 2. The molecular formula is C21H16FNO5. The standard InChI is InChI=1S/C21H16FNO5/c22-13-4-1-3-12(9-13)11-28-18-6-2-5-15-19(18)21(27)23(20(15)26)16-8-7-14(24)10-17(16)25/h1-6,9,16H,7-8,10-11H2. The number of carbonyl (C=O) groups is 4. The molecule has 1 aliphatic heterocycles. The molecule has 0 saturated heterocycles. The molecule has 0 N–H and O–H groups in total. The van der Waals surface area contributed by atoms with Crippen LogP contribution >= 0.6 is 0 Å². The van der Waals surface area contributed by atoms with Crippen LogP contribution in [0.3, 0.4) is 0 Å². The number of Topliss-reactive ketones (excluding diaryl/α,β-unsaturated/α-hetero) is 2. The van der Waals surface area contributed by atoms with E-state index in [1.54, 1.807) is 24.3 Å². The minimum absolute atomic E-state index is 0.0204. The number of rotatable bonds is 4. The number of hydrogen-bond acceptors (Lipinski definition) is 5. The lowest BCUT2D eigenvalue weighted by molar-refractivity contribution is -0.132. The molecule has 2 aromatic carbocycles. The number of fused-ring (bicyclic) bond motifs is 1. The number of imide groups is 1. The minimum Gasteiger partial charge on any atom is -0.488 e. The summed E-state index contributed by atoms with van der Waals surface area (Å²) in [5, 5.41) is 0. The fourth-order valence-corrected chi connectivity index (χ4v) is 3.60. The highest BCUT2D eigenvalue weighted by atomic mass is 19.1. The molecule has 0 bridgehead atoms. The Kier molecular flexibility index (Phi) is 4.50. The van der Waals surface area contributed by atoms with E-state index in [0.717, 1.165) is 4.90 Å².